The standard InChI is InChI=1S/C12H18N4O5S/c13-11-10(22(14,19)20)2-1-9(12(11)16(17)18)3-4-15-5-7-21-8-6-15/h1-2H,3-8,13H2,(H2,14,19,20). The molecule has 1 heterocycles. The predicted octanol–water partition coefficient (Wildman–Crippen LogP) is -0.301. The Morgan fingerprint density at radius 3 is 2.50 bits per heavy atom. The molecule has 0 aliphatic carbocycles. The number of anilines is 1. The summed E-state index contributed by atoms with van der Waals surface area (Å²) in [4.78, 5) is 12.3. The number of nitrogens with two attached hydrogens (primary N) is 2. The Labute approximate surface area is 128 Å². The maximum atomic E-state index is 11.4. The highest BCUT2D eigenvalue weighted by Crippen LogP contribution is 2.32. The topological polar surface area (TPSA) is 142 Å². The van der Waals surface area contributed by atoms with Crippen LogP contribution in [0.4, 0.5) is 11.4 Å². The number of hydrogen-bond donors (Lipinski definition) is 2. The summed E-state index contributed by atoms with van der Waals surface area (Å²) in [6, 6.07) is 2.61. The lowest BCUT2D eigenvalue weighted by Gasteiger charge is -2.26. The second-order valence-electron chi connectivity index (χ2n) is 4.99. The van der Waals surface area contributed by atoms with E-state index in [0.717, 1.165) is 13.1 Å². The third-order valence-electron chi connectivity index (χ3n) is 3.55. The Bertz CT molecular complexity index is 670. The fourth-order valence-corrected chi connectivity index (χ4v) is 3.06. The zero-order valence-corrected chi connectivity index (χ0v) is 12.7. The number of benzene rings is 1. The fourth-order valence-electron chi connectivity index (χ4n) is 2.40. The third-order valence-corrected chi connectivity index (χ3v) is 4.52. The Hall–Kier alpha value is -1.75. The molecule has 1 aliphatic heterocycles. The van der Waals surface area contributed by atoms with E-state index >= 15 is 0 Å². The van der Waals surface area contributed by atoms with Crippen molar-refractivity contribution in [3.8, 4) is 0 Å². The highest BCUT2D eigenvalue weighted by molar-refractivity contribution is 7.89. The van der Waals surface area contributed by atoms with Gasteiger partial charge in [0.25, 0.3) is 5.69 Å². The van der Waals surface area contributed by atoms with Crippen LogP contribution in [0.1, 0.15) is 5.56 Å². The molecule has 0 aromatic heterocycles. The summed E-state index contributed by atoms with van der Waals surface area (Å²) in [6.07, 6.45) is 0.394. The minimum absolute atomic E-state index is 0.389. The van der Waals surface area contributed by atoms with Crippen LogP contribution in [0.3, 0.4) is 0 Å². The molecular formula is C12H18N4O5S. The number of sulfonamides is 1. The number of nitro groups is 1. The minimum atomic E-state index is -4.10. The van der Waals surface area contributed by atoms with Crippen LogP contribution >= 0.6 is 0 Å². The molecule has 0 unspecified atom stereocenters. The third kappa shape index (κ3) is 3.71. The zero-order valence-electron chi connectivity index (χ0n) is 11.9. The molecule has 0 radical (unpaired) electrons. The van der Waals surface area contributed by atoms with Gasteiger partial charge in [-0.2, -0.15) is 0 Å². The fraction of sp³-hybridized carbons (Fsp3) is 0.500. The number of rotatable bonds is 5. The van der Waals surface area contributed by atoms with Crippen LogP contribution in [0.2, 0.25) is 0 Å². The van der Waals surface area contributed by atoms with Crippen LogP contribution in [-0.2, 0) is 21.2 Å². The van der Waals surface area contributed by atoms with Crippen LogP contribution in [0, 0.1) is 10.1 Å². The minimum Gasteiger partial charge on any atom is -0.392 e. The van der Waals surface area contributed by atoms with E-state index in [1.807, 2.05) is 0 Å². The second-order valence-corrected chi connectivity index (χ2v) is 6.52. The van der Waals surface area contributed by atoms with Gasteiger partial charge in [0.1, 0.15) is 10.6 Å². The SMILES string of the molecule is Nc1c(S(N)(=O)=O)ccc(CCN2CCOCC2)c1[N+](=O)[O-]. The highest BCUT2D eigenvalue weighted by atomic mass is 32.2. The van der Waals surface area contributed by atoms with Crippen LogP contribution in [-0.4, -0.2) is 51.1 Å². The van der Waals surface area contributed by atoms with Crippen molar-refractivity contribution in [2.75, 3.05) is 38.6 Å². The predicted molar refractivity (Wildman–Crippen MR) is 79.8 cm³/mol. The molecule has 4 N–H and O–H groups in total. The molecule has 9 nitrogen and oxygen atoms in total. The smallest absolute Gasteiger partial charge is 0.296 e. The highest BCUT2D eigenvalue weighted by Gasteiger charge is 2.25. The molecule has 2 rings (SSSR count). The lowest BCUT2D eigenvalue weighted by molar-refractivity contribution is -0.384. The lowest BCUT2D eigenvalue weighted by Crippen LogP contribution is -2.37. The van der Waals surface area contributed by atoms with E-state index < -0.39 is 25.5 Å². The second kappa shape index (κ2) is 6.57. The van der Waals surface area contributed by atoms with Crippen molar-refractivity contribution in [3.63, 3.8) is 0 Å². The number of hydrogen-bond acceptors (Lipinski definition) is 7. The summed E-state index contributed by atoms with van der Waals surface area (Å²) in [6.45, 7) is 3.40. The Morgan fingerprint density at radius 1 is 1.32 bits per heavy atom. The number of ether oxygens (including phenoxy) is 1. The van der Waals surface area contributed by atoms with Crippen molar-refractivity contribution in [1.29, 1.82) is 0 Å². The monoisotopic (exact) mass is 330 g/mol. The molecule has 1 aliphatic rings. The first kappa shape index (κ1) is 16.6. The molecule has 0 bridgehead atoms. The summed E-state index contributed by atoms with van der Waals surface area (Å²) >= 11 is 0. The quantitative estimate of drug-likeness (QED) is 0.428. The van der Waals surface area contributed by atoms with Gasteiger partial charge in [-0.15, -0.1) is 0 Å². The Balaban J connectivity index is 2.27. The van der Waals surface area contributed by atoms with E-state index in [0.29, 0.717) is 31.7 Å². The van der Waals surface area contributed by atoms with Crippen molar-refractivity contribution in [2.45, 2.75) is 11.3 Å². The summed E-state index contributed by atoms with van der Waals surface area (Å²) in [7, 11) is -4.10. The first-order valence-corrected chi connectivity index (χ1v) is 8.24. The summed E-state index contributed by atoms with van der Waals surface area (Å²) in [5.74, 6) is 0. The molecular weight excluding hydrogens is 312 g/mol. The van der Waals surface area contributed by atoms with Gasteiger partial charge in [0.2, 0.25) is 10.0 Å². The van der Waals surface area contributed by atoms with Crippen molar-refractivity contribution < 1.29 is 18.1 Å². The molecule has 1 saturated heterocycles. The normalized spacial score (nSPS) is 16.6. The van der Waals surface area contributed by atoms with Gasteiger partial charge in [-0.1, -0.05) is 6.07 Å². The first-order chi connectivity index (χ1) is 10.3. The number of nitrogen functional groups attached to an aromatic ring is 1. The van der Waals surface area contributed by atoms with Gasteiger partial charge in [-0.3, -0.25) is 15.0 Å². The number of nitrogens with zero attached hydrogens (tertiary/aromatic N) is 2. The van der Waals surface area contributed by atoms with Crippen molar-refractivity contribution in [1.82, 2.24) is 4.90 Å². The van der Waals surface area contributed by atoms with Crippen LogP contribution in [0.5, 0.6) is 0 Å². The van der Waals surface area contributed by atoms with E-state index in [9.17, 15) is 18.5 Å². The Kier molecular flexibility index (Phi) is 4.96. The molecule has 1 fully saturated rings. The van der Waals surface area contributed by atoms with Crippen molar-refractivity contribution >= 4 is 21.4 Å². The number of morpholine rings is 1. The van der Waals surface area contributed by atoms with Gasteiger partial charge in [0, 0.05) is 25.2 Å². The van der Waals surface area contributed by atoms with E-state index in [1.54, 1.807) is 0 Å². The van der Waals surface area contributed by atoms with E-state index in [4.69, 9.17) is 15.6 Å². The molecule has 1 aromatic rings. The maximum absolute atomic E-state index is 11.4. The summed E-state index contributed by atoms with van der Waals surface area (Å²) < 4.78 is 28.0. The average Bonchev–Trinajstić information content (AvgIpc) is 2.44. The zero-order chi connectivity index (χ0) is 16.3. The molecule has 22 heavy (non-hydrogen) atoms. The number of primary sulfonamides is 1. The van der Waals surface area contributed by atoms with E-state index in [-0.39, 0.29) is 5.69 Å². The maximum Gasteiger partial charge on any atom is 0.296 e. The lowest BCUT2D eigenvalue weighted by atomic mass is 10.1. The van der Waals surface area contributed by atoms with Gasteiger partial charge >= 0.3 is 0 Å². The number of nitro benzene ring substituents is 1. The molecule has 0 saturated carbocycles. The van der Waals surface area contributed by atoms with Gasteiger partial charge < -0.3 is 10.5 Å². The Morgan fingerprint density at radius 2 is 1.95 bits per heavy atom. The van der Waals surface area contributed by atoms with Gasteiger partial charge in [-0.05, 0) is 12.5 Å². The van der Waals surface area contributed by atoms with Gasteiger partial charge in [0.15, 0.2) is 0 Å². The van der Waals surface area contributed by atoms with Crippen LogP contribution < -0.4 is 10.9 Å². The molecule has 1 aromatic carbocycles. The molecule has 122 valence electrons. The molecule has 0 spiro atoms. The van der Waals surface area contributed by atoms with Crippen LogP contribution in [0.25, 0.3) is 0 Å². The summed E-state index contributed by atoms with van der Waals surface area (Å²) in [5.41, 5.74) is 5.24. The van der Waals surface area contributed by atoms with Gasteiger partial charge in [0.05, 0.1) is 18.1 Å². The van der Waals surface area contributed by atoms with Crippen LogP contribution in [0.15, 0.2) is 17.0 Å². The van der Waals surface area contributed by atoms with E-state index in [1.165, 1.54) is 12.1 Å². The van der Waals surface area contributed by atoms with Gasteiger partial charge in [-0.25, -0.2) is 13.6 Å². The summed E-state index contributed by atoms with van der Waals surface area (Å²) in [5, 5.41) is 16.2. The van der Waals surface area contributed by atoms with Crippen molar-refractivity contribution in [2.24, 2.45) is 5.14 Å². The van der Waals surface area contributed by atoms with E-state index in [2.05, 4.69) is 4.90 Å². The molecule has 0 atom stereocenters. The van der Waals surface area contributed by atoms with Crippen molar-refractivity contribution in [3.05, 3.63) is 27.8 Å². The first-order valence-electron chi connectivity index (χ1n) is 6.69. The molecule has 10 heteroatoms. The molecule has 0 amide bonds. The average molecular weight is 330 g/mol. The largest absolute Gasteiger partial charge is 0.392 e.